The van der Waals surface area contributed by atoms with Gasteiger partial charge in [-0.1, -0.05) is 6.07 Å². The standard InChI is InChI=1S/C20H32N4O5S.HI/c1-3-21-20(24(2)14-16-7-8-18-19(12-16)29-15-28-18)22-9-11-30(25,26)23-13-17-6-4-5-10-27-17;/h7-8,12,17,23H,3-6,9-11,13-15H2,1-2H3,(H,21,22);1H. The van der Waals surface area contributed by atoms with Crippen LogP contribution in [0.25, 0.3) is 0 Å². The Morgan fingerprint density at radius 1 is 1.26 bits per heavy atom. The summed E-state index contributed by atoms with van der Waals surface area (Å²) in [6, 6.07) is 5.82. The highest BCUT2D eigenvalue weighted by Crippen LogP contribution is 2.32. The lowest BCUT2D eigenvalue weighted by Crippen LogP contribution is -2.39. The van der Waals surface area contributed by atoms with E-state index in [0.29, 0.717) is 32.2 Å². The van der Waals surface area contributed by atoms with E-state index in [1.165, 1.54) is 0 Å². The van der Waals surface area contributed by atoms with Crippen LogP contribution in [0.4, 0.5) is 0 Å². The molecule has 0 spiro atoms. The van der Waals surface area contributed by atoms with Crippen LogP contribution in [0.3, 0.4) is 0 Å². The number of aliphatic imine (C=N–C) groups is 1. The number of guanidine groups is 1. The van der Waals surface area contributed by atoms with E-state index in [2.05, 4.69) is 15.0 Å². The lowest BCUT2D eigenvalue weighted by Gasteiger charge is -2.23. The van der Waals surface area contributed by atoms with Crippen molar-refractivity contribution in [3.8, 4) is 11.5 Å². The molecule has 2 aliphatic rings. The third-order valence-electron chi connectivity index (χ3n) is 4.98. The van der Waals surface area contributed by atoms with Gasteiger partial charge in [0.05, 0.1) is 18.4 Å². The Labute approximate surface area is 202 Å². The summed E-state index contributed by atoms with van der Waals surface area (Å²) in [5, 5.41) is 3.21. The molecule has 176 valence electrons. The Morgan fingerprint density at radius 2 is 2.06 bits per heavy atom. The molecular formula is C20H33IN4O5S. The van der Waals surface area contributed by atoms with Gasteiger partial charge in [0.25, 0.3) is 0 Å². The van der Waals surface area contributed by atoms with Crippen molar-refractivity contribution >= 4 is 40.0 Å². The van der Waals surface area contributed by atoms with Crippen LogP contribution >= 0.6 is 24.0 Å². The molecule has 1 aromatic rings. The summed E-state index contributed by atoms with van der Waals surface area (Å²) in [6.07, 6.45) is 3.00. The normalized spacial score (nSPS) is 18.4. The second-order valence-corrected chi connectivity index (χ2v) is 9.36. The molecule has 0 aromatic heterocycles. The van der Waals surface area contributed by atoms with Gasteiger partial charge < -0.3 is 24.4 Å². The minimum absolute atomic E-state index is 0. The van der Waals surface area contributed by atoms with Gasteiger partial charge in [-0.05, 0) is 43.9 Å². The molecule has 3 rings (SSSR count). The average Bonchev–Trinajstić information content (AvgIpc) is 3.20. The van der Waals surface area contributed by atoms with Gasteiger partial charge in [0, 0.05) is 33.3 Å². The second-order valence-electron chi connectivity index (χ2n) is 7.44. The predicted octanol–water partition coefficient (Wildman–Crippen LogP) is 1.92. The topological polar surface area (TPSA) is 101 Å². The van der Waals surface area contributed by atoms with Gasteiger partial charge in [-0.2, -0.15) is 0 Å². The summed E-state index contributed by atoms with van der Waals surface area (Å²) >= 11 is 0. The Kier molecular flexibility index (Phi) is 10.6. The highest BCUT2D eigenvalue weighted by Gasteiger charge is 2.18. The first kappa shape index (κ1) is 25.9. The first-order chi connectivity index (χ1) is 14.5. The van der Waals surface area contributed by atoms with Gasteiger partial charge in [-0.15, -0.1) is 24.0 Å². The van der Waals surface area contributed by atoms with Crippen LogP contribution in [0.1, 0.15) is 31.7 Å². The molecule has 11 heteroatoms. The number of benzene rings is 1. The molecule has 1 fully saturated rings. The monoisotopic (exact) mass is 568 g/mol. The molecule has 2 N–H and O–H groups in total. The van der Waals surface area contributed by atoms with Crippen LogP contribution in [-0.4, -0.2) is 71.2 Å². The van der Waals surface area contributed by atoms with Crippen LogP contribution in [0.2, 0.25) is 0 Å². The number of sulfonamides is 1. The highest BCUT2D eigenvalue weighted by molar-refractivity contribution is 14.0. The number of halogens is 1. The van der Waals surface area contributed by atoms with Crippen LogP contribution < -0.4 is 19.5 Å². The smallest absolute Gasteiger partial charge is 0.231 e. The zero-order valence-corrected chi connectivity index (χ0v) is 21.3. The number of fused-ring (bicyclic) bond motifs is 1. The van der Waals surface area contributed by atoms with Crippen molar-refractivity contribution < 1.29 is 22.6 Å². The molecule has 0 radical (unpaired) electrons. The number of nitrogens with one attached hydrogen (secondary N) is 2. The van der Waals surface area contributed by atoms with Gasteiger partial charge in [-0.25, -0.2) is 13.1 Å². The molecule has 9 nitrogen and oxygen atoms in total. The van der Waals surface area contributed by atoms with E-state index in [1.807, 2.05) is 37.1 Å². The molecule has 0 amide bonds. The Bertz CT molecular complexity index is 831. The number of hydrogen-bond donors (Lipinski definition) is 2. The molecule has 1 aromatic carbocycles. The maximum Gasteiger partial charge on any atom is 0.231 e. The molecule has 0 bridgehead atoms. The molecule has 2 heterocycles. The van der Waals surface area contributed by atoms with E-state index in [-0.39, 0.29) is 49.2 Å². The summed E-state index contributed by atoms with van der Waals surface area (Å²) < 4.78 is 43.6. The molecule has 0 saturated carbocycles. The van der Waals surface area contributed by atoms with Crippen LogP contribution in [-0.2, 0) is 21.3 Å². The predicted molar refractivity (Wildman–Crippen MR) is 131 cm³/mol. The largest absolute Gasteiger partial charge is 0.454 e. The first-order valence-corrected chi connectivity index (χ1v) is 12.1. The van der Waals surface area contributed by atoms with Crippen molar-refractivity contribution in [3.63, 3.8) is 0 Å². The van der Waals surface area contributed by atoms with Gasteiger partial charge >= 0.3 is 0 Å². The van der Waals surface area contributed by atoms with Gasteiger partial charge in [0.15, 0.2) is 17.5 Å². The molecular weight excluding hydrogens is 535 g/mol. The van der Waals surface area contributed by atoms with E-state index in [4.69, 9.17) is 14.2 Å². The number of rotatable bonds is 9. The van der Waals surface area contributed by atoms with E-state index in [1.54, 1.807) is 0 Å². The van der Waals surface area contributed by atoms with Crippen LogP contribution in [0, 0.1) is 0 Å². The van der Waals surface area contributed by atoms with Gasteiger partial charge in [-0.3, -0.25) is 4.99 Å². The van der Waals surface area contributed by atoms with E-state index in [9.17, 15) is 8.42 Å². The third kappa shape index (κ3) is 8.28. The minimum Gasteiger partial charge on any atom is -0.454 e. The maximum absolute atomic E-state index is 12.3. The lowest BCUT2D eigenvalue weighted by atomic mass is 10.1. The average molecular weight is 568 g/mol. The number of nitrogens with zero attached hydrogens (tertiary/aromatic N) is 2. The fourth-order valence-electron chi connectivity index (χ4n) is 3.39. The second kappa shape index (κ2) is 12.7. The molecule has 31 heavy (non-hydrogen) atoms. The lowest BCUT2D eigenvalue weighted by molar-refractivity contribution is 0.0200. The Morgan fingerprint density at radius 3 is 2.81 bits per heavy atom. The Balaban J connectivity index is 0.00000341. The summed E-state index contributed by atoms with van der Waals surface area (Å²) in [6.45, 7) is 4.73. The maximum atomic E-state index is 12.3. The van der Waals surface area contributed by atoms with E-state index >= 15 is 0 Å². The fraction of sp³-hybridized carbons (Fsp3) is 0.650. The van der Waals surface area contributed by atoms with Crippen molar-refractivity contribution in [1.82, 2.24) is 14.9 Å². The zero-order valence-electron chi connectivity index (χ0n) is 18.1. The van der Waals surface area contributed by atoms with Crippen LogP contribution in [0.15, 0.2) is 23.2 Å². The quantitative estimate of drug-likeness (QED) is 0.267. The van der Waals surface area contributed by atoms with Crippen molar-refractivity contribution in [1.29, 1.82) is 0 Å². The van der Waals surface area contributed by atoms with Crippen molar-refractivity contribution in [2.75, 3.05) is 45.8 Å². The van der Waals surface area contributed by atoms with Crippen molar-refractivity contribution in [2.24, 2.45) is 4.99 Å². The summed E-state index contributed by atoms with van der Waals surface area (Å²) in [5.74, 6) is 2.08. The molecule has 0 aliphatic carbocycles. The molecule has 2 aliphatic heterocycles. The Hall–Kier alpha value is -1.31. The summed E-state index contributed by atoms with van der Waals surface area (Å²) in [7, 11) is -1.48. The molecule has 1 saturated heterocycles. The number of hydrogen-bond acceptors (Lipinski definition) is 6. The van der Waals surface area contributed by atoms with E-state index in [0.717, 1.165) is 36.3 Å². The van der Waals surface area contributed by atoms with Crippen LogP contribution in [0.5, 0.6) is 11.5 Å². The number of ether oxygens (including phenoxy) is 3. The molecule has 1 atom stereocenters. The summed E-state index contributed by atoms with van der Waals surface area (Å²) in [4.78, 5) is 6.44. The fourth-order valence-corrected chi connectivity index (χ4v) is 4.31. The van der Waals surface area contributed by atoms with Crippen molar-refractivity contribution in [3.05, 3.63) is 23.8 Å². The SMILES string of the molecule is CCNC(=NCCS(=O)(=O)NCC1CCCCO1)N(C)Cc1ccc2c(c1)OCO2.I. The molecule has 1 unspecified atom stereocenters. The highest BCUT2D eigenvalue weighted by atomic mass is 127. The van der Waals surface area contributed by atoms with Crippen molar-refractivity contribution in [2.45, 2.75) is 38.8 Å². The van der Waals surface area contributed by atoms with Gasteiger partial charge in [0.2, 0.25) is 16.8 Å². The van der Waals surface area contributed by atoms with Gasteiger partial charge in [0.1, 0.15) is 0 Å². The zero-order chi connectivity index (χ0) is 21.4. The van der Waals surface area contributed by atoms with E-state index < -0.39 is 10.0 Å². The summed E-state index contributed by atoms with van der Waals surface area (Å²) in [5.41, 5.74) is 1.05. The first-order valence-electron chi connectivity index (χ1n) is 10.4. The minimum atomic E-state index is -3.40. The third-order valence-corrected chi connectivity index (χ3v) is 6.31.